The number of para-hydroxylation sites is 1. The van der Waals surface area contributed by atoms with Crippen molar-refractivity contribution in [2.45, 2.75) is 13.5 Å². The molecular weight excluding hydrogens is 306 g/mol. The van der Waals surface area contributed by atoms with Crippen molar-refractivity contribution in [1.29, 1.82) is 0 Å². The van der Waals surface area contributed by atoms with Gasteiger partial charge in [-0.05, 0) is 31.2 Å². The number of thiazole rings is 1. The Morgan fingerprint density at radius 3 is 2.50 bits per heavy atom. The summed E-state index contributed by atoms with van der Waals surface area (Å²) in [6.07, 6.45) is 0. The number of fused-ring (bicyclic) bond motifs is 1. The second kappa shape index (κ2) is 5.81. The van der Waals surface area contributed by atoms with Crippen LogP contribution in [0.25, 0.3) is 10.2 Å². The number of hydrogen-bond donors (Lipinski definition) is 0. The number of aromatic nitrogens is 1. The van der Waals surface area contributed by atoms with E-state index in [1.165, 1.54) is 17.4 Å². The SMILES string of the molecule is CCn1c(=NC(=O)c2c(F)cccc2F)sc2ccccc21. The summed E-state index contributed by atoms with van der Waals surface area (Å²) < 4.78 is 30.1. The van der Waals surface area contributed by atoms with Gasteiger partial charge < -0.3 is 4.57 Å². The molecule has 0 bridgehead atoms. The highest BCUT2D eigenvalue weighted by molar-refractivity contribution is 7.16. The van der Waals surface area contributed by atoms with Crippen molar-refractivity contribution in [3.8, 4) is 0 Å². The summed E-state index contributed by atoms with van der Waals surface area (Å²) in [4.78, 5) is 16.5. The molecule has 1 heterocycles. The Bertz CT molecular complexity index is 907. The lowest BCUT2D eigenvalue weighted by atomic mass is 10.2. The molecule has 3 rings (SSSR count). The molecule has 0 aliphatic rings. The van der Waals surface area contributed by atoms with Gasteiger partial charge in [0, 0.05) is 6.54 Å². The maximum absolute atomic E-state index is 13.7. The van der Waals surface area contributed by atoms with E-state index in [0.717, 1.165) is 22.3 Å². The molecule has 1 amide bonds. The number of amides is 1. The van der Waals surface area contributed by atoms with Crippen molar-refractivity contribution in [3.05, 3.63) is 64.5 Å². The van der Waals surface area contributed by atoms with Crippen LogP contribution in [0.4, 0.5) is 8.78 Å². The van der Waals surface area contributed by atoms with E-state index in [2.05, 4.69) is 4.99 Å². The van der Waals surface area contributed by atoms with Crippen LogP contribution in [0, 0.1) is 11.6 Å². The van der Waals surface area contributed by atoms with E-state index in [0.29, 0.717) is 11.3 Å². The summed E-state index contributed by atoms with van der Waals surface area (Å²) in [5.74, 6) is -2.72. The van der Waals surface area contributed by atoms with Gasteiger partial charge in [-0.1, -0.05) is 29.5 Å². The van der Waals surface area contributed by atoms with Gasteiger partial charge in [-0.2, -0.15) is 4.99 Å². The Kier molecular flexibility index (Phi) is 3.85. The van der Waals surface area contributed by atoms with E-state index in [-0.39, 0.29) is 0 Å². The van der Waals surface area contributed by atoms with Crippen LogP contribution in [-0.2, 0) is 6.54 Å². The fraction of sp³-hybridized carbons (Fsp3) is 0.125. The third-order valence-electron chi connectivity index (χ3n) is 3.28. The monoisotopic (exact) mass is 318 g/mol. The molecule has 3 aromatic rings. The van der Waals surface area contributed by atoms with Crippen molar-refractivity contribution in [2.75, 3.05) is 0 Å². The molecule has 22 heavy (non-hydrogen) atoms. The molecule has 0 saturated carbocycles. The van der Waals surface area contributed by atoms with Gasteiger partial charge >= 0.3 is 0 Å². The number of aryl methyl sites for hydroxylation is 1. The van der Waals surface area contributed by atoms with Gasteiger partial charge in [0.1, 0.15) is 17.2 Å². The lowest BCUT2D eigenvalue weighted by Crippen LogP contribution is -2.16. The van der Waals surface area contributed by atoms with Gasteiger partial charge in [0.2, 0.25) is 0 Å². The summed E-state index contributed by atoms with van der Waals surface area (Å²) in [5.41, 5.74) is 0.318. The predicted octanol–water partition coefficient (Wildman–Crippen LogP) is 3.74. The number of hydrogen-bond acceptors (Lipinski definition) is 2. The standard InChI is InChI=1S/C16H12F2N2OS/c1-2-20-12-8-3-4-9-13(12)22-16(20)19-15(21)14-10(17)6-5-7-11(14)18/h3-9H,2H2,1H3. The third kappa shape index (κ3) is 2.46. The van der Waals surface area contributed by atoms with Gasteiger partial charge in [-0.15, -0.1) is 0 Å². The van der Waals surface area contributed by atoms with Crippen LogP contribution in [0.15, 0.2) is 47.5 Å². The van der Waals surface area contributed by atoms with E-state index < -0.39 is 23.1 Å². The number of carbonyl (C=O) groups excluding carboxylic acids is 1. The smallest absolute Gasteiger partial charge is 0.285 e. The molecule has 0 atom stereocenters. The third-order valence-corrected chi connectivity index (χ3v) is 4.34. The van der Waals surface area contributed by atoms with Crippen molar-refractivity contribution in [3.63, 3.8) is 0 Å². The maximum atomic E-state index is 13.7. The molecule has 0 fully saturated rings. The Morgan fingerprint density at radius 2 is 1.82 bits per heavy atom. The van der Waals surface area contributed by atoms with E-state index in [9.17, 15) is 13.6 Å². The van der Waals surface area contributed by atoms with E-state index in [1.807, 2.05) is 35.8 Å². The maximum Gasteiger partial charge on any atom is 0.285 e. The first-order chi connectivity index (χ1) is 10.6. The minimum Gasteiger partial charge on any atom is -0.317 e. The van der Waals surface area contributed by atoms with Crippen molar-refractivity contribution in [2.24, 2.45) is 4.99 Å². The van der Waals surface area contributed by atoms with Crippen LogP contribution >= 0.6 is 11.3 Å². The first-order valence-electron chi connectivity index (χ1n) is 6.73. The lowest BCUT2D eigenvalue weighted by molar-refractivity contribution is 0.0990. The molecule has 3 nitrogen and oxygen atoms in total. The number of nitrogens with zero attached hydrogens (tertiary/aromatic N) is 2. The highest BCUT2D eigenvalue weighted by Crippen LogP contribution is 2.17. The molecule has 1 aromatic heterocycles. The van der Waals surface area contributed by atoms with E-state index >= 15 is 0 Å². The summed E-state index contributed by atoms with van der Waals surface area (Å²) in [5, 5.41) is 0. The van der Waals surface area contributed by atoms with Crippen molar-refractivity contribution >= 4 is 27.5 Å². The first kappa shape index (κ1) is 14.6. The van der Waals surface area contributed by atoms with Gasteiger partial charge in [0.25, 0.3) is 5.91 Å². The minimum absolute atomic E-state index is 0.427. The fourth-order valence-electron chi connectivity index (χ4n) is 2.26. The number of benzene rings is 2. The highest BCUT2D eigenvalue weighted by Gasteiger charge is 2.17. The largest absolute Gasteiger partial charge is 0.317 e. The van der Waals surface area contributed by atoms with Gasteiger partial charge in [0.05, 0.1) is 10.2 Å². The van der Waals surface area contributed by atoms with Crippen molar-refractivity contribution < 1.29 is 13.6 Å². The van der Waals surface area contributed by atoms with E-state index in [4.69, 9.17) is 0 Å². The fourth-order valence-corrected chi connectivity index (χ4v) is 3.35. The van der Waals surface area contributed by atoms with Gasteiger partial charge in [-0.3, -0.25) is 4.79 Å². The average Bonchev–Trinajstić information content (AvgIpc) is 2.83. The zero-order valence-electron chi connectivity index (χ0n) is 11.7. The Balaban J connectivity index is 2.18. The molecule has 0 spiro atoms. The summed E-state index contributed by atoms with van der Waals surface area (Å²) in [7, 11) is 0. The van der Waals surface area contributed by atoms with Crippen LogP contribution in [0.1, 0.15) is 17.3 Å². The average molecular weight is 318 g/mol. The first-order valence-corrected chi connectivity index (χ1v) is 7.55. The molecule has 0 unspecified atom stereocenters. The van der Waals surface area contributed by atoms with Crippen LogP contribution in [0.3, 0.4) is 0 Å². The summed E-state index contributed by atoms with van der Waals surface area (Å²) >= 11 is 1.31. The van der Waals surface area contributed by atoms with Crippen LogP contribution in [0.5, 0.6) is 0 Å². The molecule has 2 aromatic carbocycles. The second-order valence-electron chi connectivity index (χ2n) is 4.61. The number of rotatable bonds is 2. The number of halogens is 2. The zero-order chi connectivity index (χ0) is 15.7. The summed E-state index contributed by atoms with van der Waals surface area (Å²) in [6.45, 7) is 2.53. The molecule has 0 N–H and O–H groups in total. The van der Waals surface area contributed by atoms with Gasteiger partial charge in [-0.25, -0.2) is 8.78 Å². The molecule has 0 aliphatic heterocycles. The van der Waals surface area contributed by atoms with Gasteiger partial charge in [0.15, 0.2) is 4.80 Å². The molecule has 6 heteroatoms. The molecular formula is C16H12F2N2OS. The normalized spacial score (nSPS) is 12.0. The Labute approximate surface area is 129 Å². The second-order valence-corrected chi connectivity index (χ2v) is 5.62. The van der Waals surface area contributed by atoms with Crippen LogP contribution < -0.4 is 4.80 Å². The molecule has 0 aliphatic carbocycles. The topological polar surface area (TPSA) is 34.4 Å². The quantitative estimate of drug-likeness (QED) is 0.709. The summed E-state index contributed by atoms with van der Waals surface area (Å²) in [6, 6.07) is 10.9. The van der Waals surface area contributed by atoms with Crippen LogP contribution in [-0.4, -0.2) is 10.5 Å². The molecule has 0 radical (unpaired) electrons. The Morgan fingerprint density at radius 1 is 1.14 bits per heavy atom. The Hall–Kier alpha value is -2.34. The highest BCUT2D eigenvalue weighted by atomic mass is 32.1. The predicted molar refractivity (Wildman–Crippen MR) is 81.7 cm³/mol. The molecule has 0 saturated heterocycles. The zero-order valence-corrected chi connectivity index (χ0v) is 12.5. The minimum atomic E-state index is -0.913. The number of carbonyl (C=O) groups is 1. The lowest BCUT2D eigenvalue weighted by Gasteiger charge is -2.01. The van der Waals surface area contributed by atoms with Crippen LogP contribution in [0.2, 0.25) is 0 Å². The van der Waals surface area contributed by atoms with E-state index in [1.54, 1.807) is 0 Å². The molecule has 112 valence electrons. The van der Waals surface area contributed by atoms with Crippen molar-refractivity contribution in [1.82, 2.24) is 4.57 Å².